The molecule has 4 rings (SSSR count). The maximum absolute atomic E-state index is 12.6. The lowest BCUT2D eigenvalue weighted by atomic mass is 10.1. The number of amides is 1. The van der Waals surface area contributed by atoms with Gasteiger partial charge in [-0.2, -0.15) is 0 Å². The minimum absolute atomic E-state index is 0.156. The summed E-state index contributed by atoms with van der Waals surface area (Å²) in [6, 6.07) is 10.2. The van der Waals surface area contributed by atoms with Crippen molar-refractivity contribution in [2.75, 3.05) is 13.7 Å². The van der Waals surface area contributed by atoms with E-state index in [1.54, 1.807) is 4.90 Å². The number of morpholine rings is 1. The highest BCUT2D eigenvalue weighted by Gasteiger charge is 2.58. The fourth-order valence-electron chi connectivity index (χ4n) is 3.68. The molecule has 0 aliphatic carbocycles. The van der Waals surface area contributed by atoms with E-state index in [1.165, 1.54) is 12.7 Å². The number of esters is 1. The summed E-state index contributed by atoms with van der Waals surface area (Å²) in [7, 11) is 1.28. The summed E-state index contributed by atoms with van der Waals surface area (Å²) in [5.41, 5.74) is 1.20. The standard InChI is InChI=1S/C17H20N2O5/c1-22-16(21)14-13-15(20)19-9-11(7-12(19)17(23-13)24-14)18-8-10-5-3-2-4-6-10/h2-6,11-14,17-18H,7-9H2,1H3/t11-,12-,13+,14+,17-/m0/s1. The molecule has 2 bridgehead atoms. The molecule has 3 aliphatic rings. The van der Waals surface area contributed by atoms with Crippen LogP contribution in [0.3, 0.4) is 0 Å². The summed E-state index contributed by atoms with van der Waals surface area (Å²) < 4.78 is 16.0. The molecule has 1 N–H and O–H groups in total. The van der Waals surface area contributed by atoms with Crippen molar-refractivity contribution in [3.63, 3.8) is 0 Å². The van der Waals surface area contributed by atoms with Crippen LogP contribution in [-0.2, 0) is 30.3 Å². The Labute approximate surface area is 139 Å². The molecule has 0 radical (unpaired) electrons. The molecule has 3 heterocycles. The van der Waals surface area contributed by atoms with E-state index in [0.29, 0.717) is 6.54 Å². The predicted octanol–water partition coefficient (Wildman–Crippen LogP) is 0.0424. The van der Waals surface area contributed by atoms with Crippen molar-refractivity contribution in [1.82, 2.24) is 10.2 Å². The van der Waals surface area contributed by atoms with Crippen LogP contribution in [0, 0.1) is 0 Å². The lowest BCUT2D eigenvalue weighted by Gasteiger charge is -2.32. The third-order valence-electron chi connectivity index (χ3n) is 4.89. The number of nitrogens with zero attached hydrogens (tertiary/aromatic N) is 1. The van der Waals surface area contributed by atoms with E-state index in [1.807, 2.05) is 18.2 Å². The van der Waals surface area contributed by atoms with Gasteiger partial charge in [0, 0.05) is 19.1 Å². The molecule has 5 atom stereocenters. The average molecular weight is 332 g/mol. The average Bonchev–Trinajstić information content (AvgIpc) is 3.22. The molecule has 0 unspecified atom stereocenters. The first kappa shape index (κ1) is 15.6. The Morgan fingerprint density at radius 2 is 2.12 bits per heavy atom. The Morgan fingerprint density at radius 3 is 2.88 bits per heavy atom. The number of ether oxygens (including phenoxy) is 3. The smallest absolute Gasteiger partial charge is 0.338 e. The van der Waals surface area contributed by atoms with Gasteiger partial charge in [-0.3, -0.25) is 4.79 Å². The topological polar surface area (TPSA) is 77.1 Å². The lowest BCUT2D eigenvalue weighted by Crippen LogP contribution is -2.53. The zero-order chi connectivity index (χ0) is 16.7. The number of carbonyl (C=O) groups is 2. The molecule has 3 saturated heterocycles. The van der Waals surface area contributed by atoms with Crippen molar-refractivity contribution in [3.8, 4) is 0 Å². The summed E-state index contributed by atoms with van der Waals surface area (Å²) in [5, 5.41) is 3.48. The van der Waals surface area contributed by atoms with Gasteiger partial charge in [-0.1, -0.05) is 30.3 Å². The van der Waals surface area contributed by atoms with Gasteiger partial charge in [0.25, 0.3) is 5.91 Å². The number of hydrogen-bond acceptors (Lipinski definition) is 6. The van der Waals surface area contributed by atoms with Crippen molar-refractivity contribution < 1.29 is 23.8 Å². The number of fused-ring (bicyclic) bond motifs is 4. The van der Waals surface area contributed by atoms with Crippen molar-refractivity contribution in [2.45, 2.75) is 43.5 Å². The zero-order valence-corrected chi connectivity index (χ0v) is 13.4. The highest BCUT2D eigenvalue weighted by molar-refractivity contribution is 5.90. The van der Waals surface area contributed by atoms with Crippen LogP contribution in [0.5, 0.6) is 0 Å². The SMILES string of the molecule is COC(=O)[C@@H]1O[C@@H]2O[C@H]1C(=O)N1C[C@@H](NCc3ccccc3)C[C@@H]21. The number of hydrogen-bond donors (Lipinski definition) is 1. The molecular weight excluding hydrogens is 312 g/mol. The maximum atomic E-state index is 12.6. The molecule has 1 amide bonds. The van der Waals surface area contributed by atoms with Crippen LogP contribution in [0.25, 0.3) is 0 Å². The van der Waals surface area contributed by atoms with E-state index in [0.717, 1.165) is 13.0 Å². The van der Waals surface area contributed by atoms with Crippen molar-refractivity contribution >= 4 is 11.9 Å². The van der Waals surface area contributed by atoms with Crippen LogP contribution in [0.15, 0.2) is 30.3 Å². The minimum atomic E-state index is -0.950. The molecule has 24 heavy (non-hydrogen) atoms. The molecule has 3 aliphatic heterocycles. The first-order chi connectivity index (χ1) is 11.7. The fraction of sp³-hybridized carbons (Fsp3) is 0.529. The van der Waals surface area contributed by atoms with Gasteiger partial charge in [-0.25, -0.2) is 4.79 Å². The zero-order valence-electron chi connectivity index (χ0n) is 13.4. The lowest BCUT2D eigenvalue weighted by molar-refractivity contribution is -0.171. The Kier molecular flexibility index (Phi) is 3.99. The highest BCUT2D eigenvalue weighted by atomic mass is 16.7. The Morgan fingerprint density at radius 1 is 1.33 bits per heavy atom. The predicted molar refractivity (Wildman–Crippen MR) is 82.7 cm³/mol. The Balaban J connectivity index is 1.40. The van der Waals surface area contributed by atoms with Gasteiger partial charge in [0.15, 0.2) is 18.5 Å². The molecule has 0 saturated carbocycles. The van der Waals surface area contributed by atoms with Crippen molar-refractivity contribution in [3.05, 3.63) is 35.9 Å². The van der Waals surface area contributed by atoms with Gasteiger partial charge in [0.05, 0.1) is 13.2 Å². The monoisotopic (exact) mass is 332 g/mol. The van der Waals surface area contributed by atoms with Gasteiger partial charge >= 0.3 is 5.97 Å². The van der Waals surface area contributed by atoms with E-state index < -0.39 is 24.5 Å². The second-order valence-corrected chi connectivity index (χ2v) is 6.36. The molecule has 7 heteroatoms. The molecule has 128 valence electrons. The van der Waals surface area contributed by atoms with Crippen LogP contribution in [0.4, 0.5) is 0 Å². The van der Waals surface area contributed by atoms with Crippen LogP contribution in [0.2, 0.25) is 0 Å². The first-order valence-corrected chi connectivity index (χ1v) is 8.14. The van der Waals surface area contributed by atoms with E-state index in [9.17, 15) is 9.59 Å². The number of carbonyl (C=O) groups excluding carboxylic acids is 2. The van der Waals surface area contributed by atoms with Gasteiger partial charge in [-0.05, 0) is 12.0 Å². The Hall–Kier alpha value is -1.96. The second-order valence-electron chi connectivity index (χ2n) is 6.36. The number of rotatable bonds is 4. The first-order valence-electron chi connectivity index (χ1n) is 8.14. The van der Waals surface area contributed by atoms with Gasteiger partial charge < -0.3 is 24.4 Å². The molecule has 0 spiro atoms. The molecule has 1 aromatic carbocycles. The van der Waals surface area contributed by atoms with Crippen LogP contribution in [-0.4, -0.2) is 61.0 Å². The third-order valence-corrected chi connectivity index (χ3v) is 4.89. The summed E-state index contributed by atoms with van der Waals surface area (Å²) in [4.78, 5) is 26.1. The number of methoxy groups -OCH3 is 1. The van der Waals surface area contributed by atoms with E-state index in [4.69, 9.17) is 14.2 Å². The van der Waals surface area contributed by atoms with Gasteiger partial charge in [0.2, 0.25) is 0 Å². The molecular formula is C17H20N2O5. The quantitative estimate of drug-likeness (QED) is 0.785. The number of benzene rings is 1. The summed E-state index contributed by atoms with van der Waals surface area (Å²) >= 11 is 0. The second kappa shape index (κ2) is 6.16. The third kappa shape index (κ3) is 2.58. The van der Waals surface area contributed by atoms with Crippen LogP contribution >= 0.6 is 0 Å². The largest absolute Gasteiger partial charge is 0.467 e. The van der Waals surface area contributed by atoms with Gasteiger partial charge in [-0.15, -0.1) is 0 Å². The van der Waals surface area contributed by atoms with Crippen LogP contribution < -0.4 is 5.32 Å². The normalized spacial score (nSPS) is 34.3. The summed E-state index contributed by atoms with van der Waals surface area (Å²) in [6.07, 6.45) is -1.65. The number of nitrogens with one attached hydrogen (secondary N) is 1. The Bertz CT molecular complexity index is 637. The van der Waals surface area contributed by atoms with Gasteiger partial charge in [0.1, 0.15) is 0 Å². The molecule has 3 fully saturated rings. The molecule has 0 aromatic heterocycles. The maximum Gasteiger partial charge on any atom is 0.338 e. The van der Waals surface area contributed by atoms with E-state index in [2.05, 4.69) is 17.4 Å². The van der Waals surface area contributed by atoms with Crippen molar-refractivity contribution in [2.24, 2.45) is 0 Å². The van der Waals surface area contributed by atoms with Crippen LogP contribution in [0.1, 0.15) is 12.0 Å². The molecule has 7 nitrogen and oxygen atoms in total. The van der Waals surface area contributed by atoms with Crippen molar-refractivity contribution in [1.29, 1.82) is 0 Å². The summed E-state index contributed by atoms with van der Waals surface area (Å²) in [6.45, 7) is 1.35. The molecule has 1 aromatic rings. The fourth-order valence-corrected chi connectivity index (χ4v) is 3.68. The minimum Gasteiger partial charge on any atom is -0.467 e. The highest BCUT2D eigenvalue weighted by Crippen LogP contribution is 2.37. The van der Waals surface area contributed by atoms with E-state index in [-0.39, 0.29) is 18.0 Å². The van der Waals surface area contributed by atoms with E-state index >= 15 is 0 Å². The summed E-state index contributed by atoms with van der Waals surface area (Å²) in [5.74, 6) is -0.746.